The van der Waals surface area contributed by atoms with E-state index in [1.54, 1.807) is 58.0 Å². The van der Waals surface area contributed by atoms with E-state index in [2.05, 4.69) is 0 Å². The van der Waals surface area contributed by atoms with E-state index in [1.165, 1.54) is 0 Å². The molecule has 6 atom stereocenters. The average molecular weight is 462 g/mol. The highest BCUT2D eigenvalue weighted by molar-refractivity contribution is 7.86. The van der Waals surface area contributed by atoms with Gasteiger partial charge in [-0.2, -0.15) is 8.42 Å². The lowest BCUT2D eigenvalue weighted by molar-refractivity contribution is -0.174. The zero-order valence-electron chi connectivity index (χ0n) is 17.5. The third-order valence-corrected chi connectivity index (χ3v) is 8.51. The van der Waals surface area contributed by atoms with Crippen LogP contribution in [0.1, 0.15) is 27.7 Å². The second-order valence-corrected chi connectivity index (χ2v) is 12.7. The molecular formula is C19H27O9PS. The maximum absolute atomic E-state index is 14.3. The van der Waals surface area contributed by atoms with Gasteiger partial charge in [0.15, 0.2) is 17.4 Å². The third kappa shape index (κ3) is 4.25. The molecule has 1 aromatic rings. The Morgan fingerprint density at radius 2 is 1.60 bits per heavy atom. The predicted octanol–water partition coefficient (Wildman–Crippen LogP) is 1.96. The first-order valence-corrected chi connectivity index (χ1v) is 13.2. The van der Waals surface area contributed by atoms with Gasteiger partial charge in [-0.3, -0.25) is 8.75 Å². The van der Waals surface area contributed by atoms with Crippen LogP contribution in [0.15, 0.2) is 30.3 Å². The van der Waals surface area contributed by atoms with Crippen LogP contribution in [0.25, 0.3) is 0 Å². The van der Waals surface area contributed by atoms with Crippen LogP contribution in [-0.2, 0) is 42.3 Å². The smallest absolute Gasteiger partial charge is 0.265 e. The van der Waals surface area contributed by atoms with Crippen LogP contribution < -0.4 is 5.30 Å². The first kappa shape index (κ1) is 22.4. The van der Waals surface area contributed by atoms with E-state index in [-0.39, 0.29) is 6.61 Å². The number of hydrogen-bond donors (Lipinski definition) is 0. The SMILES string of the molecule is CC1(C)O[C@H]2[C@@H]([C@H]3COC(C)(C)O3)OP(=O)(c3ccccc3)[C@@H](OS(C)(=O)=O)[C@H]2O1. The standard InChI is InChI=1S/C19H27O9PS/c1-18(2)23-11-13(24-18)14-15-16(26-19(3,4)25-15)17(28-30(5,21)22)29(20,27-14)12-9-7-6-8-10-12/h6-10,13-17H,11H2,1-5H3/t13-,14-,15+,16+,17-,29?/m1/s1. The average Bonchev–Trinajstić information content (AvgIpc) is 3.15. The fourth-order valence-corrected chi connectivity index (χ4v) is 7.82. The maximum Gasteiger partial charge on any atom is 0.265 e. The van der Waals surface area contributed by atoms with E-state index in [9.17, 15) is 13.0 Å². The summed E-state index contributed by atoms with van der Waals surface area (Å²) < 4.78 is 73.5. The van der Waals surface area contributed by atoms with Gasteiger partial charge in [-0.1, -0.05) is 18.2 Å². The predicted molar refractivity (Wildman–Crippen MR) is 107 cm³/mol. The van der Waals surface area contributed by atoms with Crippen LogP contribution in [-0.4, -0.2) is 63.1 Å². The molecule has 0 bridgehead atoms. The molecule has 0 aliphatic carbocycles. The summed E-state index contributed by atoms with van der Waals surface area (Å²) in [6, 6.07) is 8.40. The Morgan fingerprint density at radius 3 is 2.17 bits per heavy atom. The third-order valence-electron chi connectivity index (χ3n) is 5.17. The second kappa shape index (κ2) is 7.35. The first-order valence-electron chi connectivity index (χ1n) is 9.69. The van der Waals surface area contributed by atoms with Gasteiger partial charge >= 0.3 is 0 Å². The lowest BCUT2D eigenvalue weighted by atomic mass is 10.0. The van der Waals surface area contributed by atoms with Crippen LogP contribution in [0.4, 0.5) is 0 Å². The van der Waals surface area contributed by atoms with Crippen molar-refractivity contribution in [2.24, 2.45) is 0 Å². The molecule has 30 heavy (non-hydrogen) atoms. The van der Waals surface area contributed by atoms with Crippen molar-refractivity contribution in [2.45, 2.75) is 69.5 Å². The summed E-state index contributed by atoms with van der Waals surface area (Å²) in [7, 11) is -7.87. The van der Waals surface area contributed by atoms with Crippen molar-refractivity contribution in [3.8, 4) is 0 Å². The van der Waals surface area contributed by atoms with Gasteiger partial charge in [-0.25, -0.2) is 0 Å². The molecule has 1 unspecified atom stereocenters. The summed E-state index contributed by atoms with van der Waals surface area (Å²) in [5.74, 6) is -3.29. The molecule has 3 fully saturated rings. The quantitative estimate of drug-likeness (QED) is 0.490. The highest BCUT2D eigenvalue weighted by atomic mass is 32.2. The number of ether oxygens (including phenoxy) is 4. The molecule has 1 aromatic carbocycles. The molecule has 0 aromatic heterocycles. The van der Waals surface area contributed by atoms with E-state index in [0.29, 0.717) is 5.30 Å². The van der Waals surface area contributed by atoms with Crippen LogP contribution >= 0.6 is 7.37 Å². The van der Waals surface area contributed by atoms with Crippen LogP contribution in [0.2, 0.25) is 0 Å². The fraction of sp³-hybridized carbons (Fsp3) is 0.684. The van der Waals surface area contributed by atoms with Gasteiger partial charge in [0.2, 0.25) is 0 Å². The first-order chi connectivity index (χ1) is 13.8. The molecule has 0 amide bonds. The Hall–Kier alpha value is -0.840. The molecule has 9 nitrogen and oxygen atoms in total. The van der Waals surface area contributed by atoms with E-state index in [4.69, 9.17) is 27.7 Å². The topological polar surface area (TPSA) is 107 Å². The van der Waals surface area contributed by atoms with Crippen molar-refractivity contribution >= 4 is 22.8 Å². The molecule has 4 rings (SSSR count). The number of rotatable bonds is 4. The second-order valence-electron chi connectivity index (χ2n) is 8.63. The van der Waals surface area contributed by atoms with Gasteiger partial charge in [-0.05, 0) is 39.8 Å². The Labute approximate surface area is 176 Å². The molecule has 0 spiro atoms. The normalized spacial score (nSPS) is 40.2. The fourth-order valence-electron chi connectivity index (χ4n) is 4.08. The Bertz CT molecular complexity index is 946. The Balaban J connectivity index is 1.80. The largest absolute Gasteiger partial charge is 0.348 e. The molecule has 11 heteroatoms. The summed E-state index contributed by atoms with van der Waals surface area (Å²) in [6.07, 6.45) is -2.21. The van der Waals surface area contributed by atoms with Crippen LogP contribution in [0.5, 0.6) is 0 Å². The molecule has 3 heterocycles. The van der Waals surface area contributed by atoms with Crippen molar-refractivity contribution in [3.63, 3.8) is 0 Å². The van der Waals surface area contributed by atoms with E-state index < -0.39 is 59.3 Å². The van der Waals surface area contributed by atoms with Gasteiger partial charge in [0.05, 0.1) is 12.9 Å². The van der Waals surface area contributed by atoms with Crippen molar-refractivity contribution in [1.29, 1.82) is 0 Å². The number of hydrogen-bond acceptors (Lipinski definition) is 9. The van der Waals surface area contributed by atoms with Crippen molar-refractivity contribution < 1.29 is 40.6 Å². The molecule has 3 saturated heterocycles. The summed E-state index contributed by atoms with van der Waals surface area (Å²) in [4.78, 5) is 0. The highest BCUT2D eigenvalue weighted by Crippen LogP contribution is 2.61. The lowest BCUT2D eigenvalue weighted by Gasteiger charge is -2.42. The minimum absolute atomic E-state index is 0.205. The van der Waals surface area contributed by atoms with E-state index in [0.717, 1.165) is 6.26 Å². The van der Waals surface area contributed by atoms with Crippen LogP contribution in [0, 0.1) is 0 Å². The number of benzene rings is 1. The molecule has 0 radical (unpaired) electrons. The molecular weight excluding hydrogens is 435 g/mol. The number of fused-ring (bicyclic) bond motifs is 1. The Kier molecular flexibility index (Phi) is 5.48. The molecule has 168 valence electrons. The monoisotopic (exact) mass is 462 g/mol. The van der Waals surface area contributed by atoms with Crippen molar-refractivity contribution in [2.75, 3.05) is 12.9 Å². The van der Waals surface area contributed by atoms with Crippen LogP contribution in [0.3, 0.4) is 0 Å². The highest BCUT2D eigenvalue weighted by Gasteiger charge is 2.64. The maximum atomic E-state index is 14.3. The van der Waals surface area contributed by atoms with Crippen molar-refractivity contribution in [3.05, 3.63) is 30.3 Å². The van der Waals surface area contributed by atoms with Gasteiger partial charge in [0.1, 0.15) is 24.4 Å². The van der Waals surface area contributed by atoms with Crippen molar-refractivity contribution in [1.82, 2.24) is 0 Å². The van der Waals surface area contributed by atoms with Gasteiger partial charge < -0.3 is 23.5 Å². The summed E-state index contributed by atoms with van der Waals surface area (Å²) >= 11 is 0. The zero-order chi connectivity index (χ0) is 21.9. The molecule has 0 N–H and O–H groups in total. The summed E-state index contributed by atoms with van der Waals surface area (Å²) in [5, 5.41) is 0.327. The van der Waals surface area contributed by atoms with E-state index >= 15 is 0 Å². The van der Waals surface area contributed by atoms with E-state index in [1.807, 2.05) is 0 Å². The van der Waals surface area contributed by atoms with Gasteiger partial charge in [-0.15, -0.1) is 0 Å². The van der Waals surface area contributed by atoms with Gasteiger partial charge in [0.25, 0.3) is 17.5 Å². The minimum Gasteiger partial charge on any atom is -0.348 e. The minimum atomic E-state index is -3.98. The lowest BCUT2D eigenvalue weighted by Crippen LogP contribution is -2.56. The summed E-state index contributed by atoms with van der Waals surface area (Å²) in [5.41, 5.74) is 0. The Morgan fingerprint density at radius 1 is 0.967 bits per heavy atom. The summed E-state index contributed by atoms with van der Waals surface area (Å²) in [6.45, 7) is 7.15. The molecule has 3 aliphatic rings. The molecule has 0 saturated carbocycles. The van der Waals surface area contributed by atoms with Gasteiger partial charge in [0, 0.05) is 5.30 Å². The molecule has 3 aliphatic heterocycles. The zero-order valence-corrected chi connectivity index (χ0v) is 19.2.